The molecule has 2 heteroatoms. The van der Waals surface area contributed by atoms with E-state index in [1.54, 1.807) is 13.0 Å². The topological polar surface area (TPSA) is 17.1 Å². The number of carbonyl (C=O) groups excluding carboxylic acids is 1. The van der Waals surface area contributed by atoms with Gasteiger partial charge in [0.05, 0.1) is 0 Å². The van der Waals surface area contributed by atoms with E-state index >= 15 is 0 Å². The lowest BCUT2D eigenvalue weighted by molar-refractivity contribution is -0.113. The average Bonchev–Trinajstić information content (AvgIpc) is 1.87. The summed E-state index contributed by atoms with van der Waals surface area (Å²) in [6, 6.07) is 0. The van der Waals surface area contributed by atoms with Crippen LogP contribution in [0.3, 0.4) is 0 Å². The van der Waals surface area contributed by atoms with Crippen molar-refractivity contribution in [1.82, 2.24) is 0 Å². The Bertz CT molecular complexity index is 190. The Balaban J connectivity index is 4.22. The molecule has 0 bridgehead atoms. The molecule has 0 rings (SSSR count). The number of allylic oxidation sites excluding steroid dienone is 4. The second-order valence-corrected chi connectivity index (χ2v) is 2.34. The van der Waals surface area contributed by atoms with E-state index in [0.717, 1.165) is 0 Å². The van der Waals surface area contributed by atoms with Gasteiger partial charge in [0.2, 0.25) is 0 Å². The number of rotatable bonds is 3. The molecular weight excluding hydrogens is 143 g/mol. The van der Waals surface area contributed by atoms with E-state index in [2.05, 4.69) is 0 Å². The number of halogens is 1. The Kier molecular flexibility index (Phi) is 4.42. The van der Waals surface area contributed by atoms with Crippen LogP contribution >= 0.6 is 0 Å². The van der Waals surface area contributed by atoms with Crippen molar-refractivity contribution < 1.29 is 9.18 Å². The number of alkyl halides is 1. The molecule has 1 atom stereocenters. The fourth-order valence-electron chi connectivity index (χ4n) is 0.653. The first kappa shape index (κ1) is 10.1. The molecule has 1 nitrogen and oxygen atoms in total. The summed E-state index contributed by atoms with van der Waals surface area (Å²) in [6.07, 6.45) is 3.54. The van der Waals surface area contributed by atoms with Crippen LogP contribution in [0.4, 0.5) is 4.39 Å². The molecule has 1 unspecified atom stereocenters. The van der Waals surface area contributed by atoms with Crippen LogP contribution in [0.15, 0.2) is 23.8 Å². The highest BCUT2D eigenvalue weighted by Crippen LogP contribution is 2.00. The Morgan fingerprint density at radius 3 is 2.36 bits per heavy atom. The Hall–Kier alpha value is -0.920. The van der Waals surface area contributed by atoms with E-state index in [1.165, 1.54) is 26.0 Å². The van der Waals surface area contributed by atoms with Gasteiger partial charge < -0.3 is 0 Å². The first-order chi connectivity index (χ1) is 5.07. The molecular formula is C9H13FO. The van der Waals surface area contributed by atoms with E-state index < -0.39 is 6.17 Å². The molecule has 0 heterocycles. The lowest BCUT2D eigenvalue weighted by Crippen LogP contribution is -1.93. The van der Waals surface area contributed by atoms with Crippen molar-refractivity contribution in [2.24, 2.45) is 0 Å². The fraction of sp³-hybridized carbons (Fsp3) is 0.444. The maximum atomic E-state index is 12.2. The molecule has 0 fully saturated rings. The van der Waals surface area contributed by atoms with Gasteiger partial charge in [-0.2, -0.15) is 0 Å². The van der Waals surface area contributed by atoms with Gasteiger partial charge in [-0.1, -0.05) is 18.2 Å². The maximum absolute atomic E-state index is 12.2. The van der Waals surface area contributed by atoms with E-state index in [0.29, 0.717) is 5.57 Å². The molecule has 0 saturated carbocycles. The zero-order valence-corrected chi connectivity index (χ0v) is 7.10. The lowest BCUT2D eigenvalue weighted by Gasteiger charge is -1.93. The van der Waals surface area contributed by atoms with Crippen molar-refractivity contribution in [3.8, 4) is 0 Å². The molecule has 0 aliphatic heterocycles. The van der Waals surface area contributed by atoms with Crippen molar-refractivity contribution in [3.05, 3.63) is 23.8 Å². The predicted octanol–water partition coefficient (Wildman–Crippen LogP) is 2.44. The molecule has 0 N–H and O–H groups in total. The summed E-state index contributed by atoms with van der Waals surface area (Å²) in [5, 5.41) is 0. The van der Waals surface area contributed by atoms with Crippen LogP contribution in [0.25, 0.3) is 0 Å². The van der Waals surface area contributed by atoms with E-state index in [4.69, 9.17) is 0 Å². The van der Waals surface area contributed by atoms with Crippen molar-refractivity contribution in [2.45, 2.75) is 26.9 Å². The summed E-state index contributed by atoms with van der Waals surface area (Å²) in [4.78, 5) is 10.7. The zero-order valence-electron chi connectivity index (χ0n) is 7.10. The molecule has 0 aromatic rings. The predicted molar refractivity (Wildman–Crippen MR) is 44.1 cm³/mol. The molecule has 0 amide bonds. The van der Waals surface area contributed by atoms with Gasteiger partial charge in [-0.3, -0.25) is 4.79 Å². The first-order valence-electron chi connectivity index (χ1n) is 3.57. The summed E-state index contributed by atoms with van der Waals surface area (Å²) in [7, 11) is 0. The minimum atomic E-state index is -0.996. The summed E-state index contributed by atoms with van der Waals surface area (Å²) < 4.78 is 12.2. The Morgan fingerprint density at radius 1 is 1.55 bits per heavy atom. The third kappa shape index (κ3) is 4.48. The highest BCUT2D eigenvalue weighted by atomic mass is 19.1. The van der Waals surface area contributed by atoms with E-state index in [1.807, 2.05) is 0 Å². The largest absolute Gasteiger partial charge is 0.295 e. The standard InChI is InChI=1S/C9H13FO/c1-4-9(8(3)11)6-5-7(2)10/h4-7H,1-3H3/b6-5-,9-4+. The van der Waals surface area contributed by atoms with Crippen LogP contribution in [-0.2, 0) is 4.79 Å². The van der Waals surface area contributed by atoms with Gasteiger partial charge in [-0.15, -0.1) is 0 Å². The molecule has 0 spiro atoms. The highest BCUT2D eigenvalue weighted by molar-refractivity contribution is 5.95. The van der Waals surface area contributed by atoms with Crippen molar-refractivity contribution in [2.75, 3.05) is 0 Å². The number of hydrogen-bond acceptors (Lipinski definition) is 1. The number of hydrogen-bond donors (Lipinski definition) is 0. The van der Waals surface area contributed by atoms with Gasteiger partial charge in [0.1, 0.15) is 6.17 Å². The van der Waals surface area contributed by atoms with Crippen molar-refractivity contribution in [1.29, 1.82) is 0 Å². The maximum Gasteiger partial charge on any atom is 0.159 e. The average molecular weight is 156 g/mol. The van der Waals surface area contributed by atoms with Gasteiger partial charge >= 0.3 is 0 Å². The van der Waals surface area contributed by atoms with Gasteiger partial charge in [0.25, 0.3) is 0 Å². The van der Waals surface area contributed by atoms with Crippen LogP contribution in [0, 0.1) is 0 Å². The fourth-order valence-corrected chi connectivity index (χ4v) is 0.653. The van der Waals surface area contributed by atoms with Crippen LogP contribution in [0.2, 0.25) is 0 Å². The van der Waals surface area contributed by atoms with Gasteiger partial charge in [-0.05, 0) is 20.8 Å². The molecule has 0 saturated heterocycles. The summed E-state index contributed by atoms with van der Waals surface area (Å²) in [6.45, 7) is 4.64. The highest BCUT2D eigenvalue weighted by Gasteiger charge is 1.97. The second-order valence-electron chi connectivity index (χ2n) is 2.34. The van der Waals surface area contributed by atoms with Gasteiger partial charge in [0.15, 0.2) is 5.78 Å². The normalized spacial score (nSPS) is 15.5. The number of Topliss-reactive ketones (excluding diaryl/α,β-unsaturated/α-hetero) is 1. The second kappa shape index (κ2) is 4.83. The summed E-state index contributed by atoms with van der Waals surface area (Å²) in [5.74, 6) is -0.0376. The monoisotopic (exact) mass is 156 g/mol. The third-order valence-electron chi connectivity index (χ3n) is 1.26. The zero-order chi connectivity index (χ0) is 8.85. The molecule has 0 radical (unpaired) electrons. The lowest BCUT2D eigenvalue weighted by atomic mass is 10.1. The van der Waals surface area contributed by atoms with Crippen molar-refractivity contribution in [3.63, 3.8) is 0 Å². The Morgan fingerprint density at radius 2 is 2.09 bits per heavy atom. The molecule has 62 valence electrons. The summed E-state index contributed by atoms with van der Waals surface area (Å²) >= 11 is 0. The summed E-state index contributed by atoms with van der Waals surface area (Å²) in [5.41, 5.74) is 0.550. The van der Waals surface area contributed by atoms with Crippen LogP contribution < -0.4 is 0 Å². The minimum absolute atomic E-state index is 0.0376. The van der Waals surface area contributed by atoms with E-state index in [9.17, 15) is 9.18 Å². The van der Waals surface area contributed by atoms with Crippen LogP contribution in [0.5, 0.6) is 0 Å². The first-order valence-corrected chi connectivity index (χ1v) is 3.57. The van der Waals surface area contributed by atoms with Gasteiger partial charge in [0, 0.05) is 5.57 Å². The SMILES string of the molecule is C/C=C(\C=C/C(C)F)C(C)=O. The Labute approximate surface area is 66.6 Å². The molecule has 0 aliphatic rings. The van der Waals surface area contributed by atoms with Crippen molar-refractivity contribution >= 4 is 5.78 Å². The molecule has 0 aromatic carbocycles. The van der Waals surface area contributed by atoms with Gasteiger partial charge in [-0.25, -0.2) is 4.39 Å². The molecule has 0 aliphatic carbocycles. The smallest absolute Gasteiger partial charge is 0.159 e. The van der Waals surface area contributed by atoms with E-state index in [-0.39, 0.29) is 5.78 Å². The number of ketones is 1. The molecule has 0 aromatic heterocycles. The third-order valence-corrected chi connectivity index (χ3v) is 1.26. The molecule has 11 heavy (non-hydrogen) atoms. The minimum Gasteiger partial charge on any atom is -0.295 e. The quantitative estimate of drug-likeness (QED) is 0.453. The van der Waals surface area contributed by atoms with Crippen LogP contribution in [-0.4, -0.2) is 12.0 Å². The number of carbonyl (C=O) groups is 1. The van der Waals surface area contributed by atoms with Crippen LogP contribution in [0.1, 0.15) is 20.8 Å².